The van der Waals surface area contributed by atoms with Gasteiger partial charge >= 0.3 is 0 Å². The largest absolute Gasteiger partial charge is 0.392 e. The summed E-state index contributed by atoms with van der Waals surface area (Å²) in [6.07, 6.45) is 0.970. The van der Waals surface area contributed by atoms with Gasteiger partial charge in [-0.05, 0) is 25.8 Å². The Kier molecular flexibility index (Phi) is 9.06. The van der Waals surface area contributed by atoms with Crippen LogP contribution in [0.4, 0.5) is 0 Å². The lowest BCUT2D eigenvalue weighted by molar-refractivity contribution is 0.186. The monoisotopic (exact) mass is 216 g/mol. The first-order valence-corrected chi connectivity index (χ1v) is 6.17. The van der Waals surface area contributed by atoms with E-state index in [1.165, 1.54) is 19.5 Å². The highest BCUT2D eigenvalue weighted by molar-refractivity contribution is 4.62. The van der Waals surface area contributed by atoms with Crippen LogP contribution in [0, 0.1) is 5.92 Å². The number of rotatable bonds is 9. The molecule has 92 valence electrons. The molecule has 1 atom stereocenters. The van der Waals surface area contributed by atoms with E-state index < -0.39 is 0 Å². The van der Waals surface area contributed by atoms with E-state index in [4.69, 9.17) is 5.11 Å². The number of hydrogen-bond donors (Lipinski definition) is 2. The van der Waals surface area contributed by atoms with Crippen LogP contribution in [0.15, 0.2) is 0 Å². The van der Waals surface area contributed by atoms with Gasteiger partial charge in [-0.15, -0.1) is 0 Å². The molecule has 0 aliphatic carbocycles. The number of aliphatic hydroxyl groups is 1. The molecule has 0 aromatic carbocycles. The number of aliphatic hydroxyl groups excluding tert-OH is 1. The molecule has 0 saturated heterocycles. The first-order chi connectivity index (χ1) is 7.06. The van der Waals surface area contributed by atoms with Gasteiger partial charge in [0.2, 0.25) is 0 Å². The van der Waals surface area contributed by atoms with E-state index >= 15 is 0 Å². The molecule has 0 aliphatic heterocycles. The lowest BCUT2D eigenvalue weighted by atomic mass is 10.2. The summed E-state index contributed by atoms with van der Waals surface area (Å²) in [5.41, 5.74) is 0. The standard InChI is InChI=1S/C12H28N2O/c1-5-7-14(10-11(2)3)8-6-13-9-12(4)15/h11-13,15H,5-10H2,1-4H3. The maximum atomic E-state index is 9.09. The van der Waals surface area contributed by atoms with Crippen LogP contribution >= 0.6 is 0 Å². The second kappa shape index (κ2) is 9.13. The summed E-state index contributed by atoms with van der Waals surface area (Å²) in [4.78, 5) is 2.49. The molecule has 1 unspecified atom stereocenters. The van der Waals surface area contributed by atoms with E-state index in [1.54, 1.807) is 0 Å². The first kappa shape index (κ1) is 14.9. The predicted molar refractivity (Wildman–Crippen MR) is 66.1 cm³/mol. The molecule has 0 aromatic heterocycles. The summed E-state index contributed by atoms with van der Waals surface area (Å²) in [5, 5.41) is 12.3. The lowest BCUT2D eigenvalue weighted by Crippen LogP contribution is -2.37. The minimum atomic E-state index is -0.241. The first-order valence-electron chi connectivity index (χ1n) is 6.17. The molecule has 3 nitrogen and oxygen atoms in total. The maximum absolute atomic E-state index is 9.09. The van der Waals surface area contributed by atoms with Gasteiger partial charge in [-0.1, -0.05) is 20.8 Å². The number of hydrogen-bond acceptors (Lipinski definition) is 3. The third kappa shape index (κ3) is 10.2. The Hall–Kier alpha value is -0.120. The Morgan fingerprint density at radius 1 is 1.20 bits per heavy atom. The summed E-state index contributed by atoms with van der Waals surface area (Å²) < 4.78 is 0. The Labute approximate surface area is 94.9 Å². The van der Waals surface area contributed by atoms with Crippen LogP contribution in [0.1, 0.15) is 34.1 Å². The zero-order chi connectivity index (χ0) is 11.7. The average Bonchev–Trinajstić information content (AvgIpc) is 2.11. The van der Waals surface area contributed by atoms with Crippen molar-refractivity contribution >= 4 is 0 Å². The Morgan fingerprint density at radius 2 is 1.87 bits per heavy atom. The van der Waals surface area contributed by atoms with Crippen LogP contribution in [0.25, 0.3) is 0 Å². The smallest absolute Gasteiger partial charge is 0.0636 e. The number of nitrogens with one attached hydrogen (secondary N) is 1. The van der Waals surface area contributed by atoms with Gasteiger partial charge in [0.15, 0.2) is 0 Å². The van der Waals surface area contributed by atoms with Gasteiger partial charge in [0.05, 0.1) is 6.10 Å². The van der Waals surface area contributed by atoms with Gasteiger partial charge in [-0.2, -0.15) is 0 Å². The molecule has 0 saturated carbocycles. The Bertz CT molecular complexity index is 138. The molecular formula is C12H28N2O. The fourth-order valence-electron chi connectivity index (χ4n) is 1.68. The summed E-state index contributed by atoms with van der Waals surface area (Å²) in [6, 6.07) is 0. The van der Waals surface area contributed by atoms with Crippen LogP contribution in [0.3, 0.4) is 0 Å². The molecule has 3 heteroatoms. The van der Waals surface area contributed by atoms with Crippen molar-refractivity contribution in [2.45, 2.75) is 40.2 Å². The van der Waals surface area contributed by atoms with E-state index in [1.807, 2.05) is 6.92 Å². The van der Waals surface area contributed by atoms with Crippen LogP contribution < -0.4 is 5.32 Å². The molecule has 0 rings (SSSR count). The van der Waals surface area contributed by atoms with Gasteiger partial charge in [0, 0.05) is 26.2 Å². The Balaban J connectivity index is 3.56. The summed E-state index contributed by atoms with van der Waals surface area (Å²) in [5.74, 6) is 0.730. The van der Waals surface area contributed by atoms with Crippen LogP contribution in [0.2, 0.25) is 0 Å². The highest BCUT2D eigenvalue weighted by atomic mass is 16.3. The van der Waals surface area contributed by atoms with Crippen molar-refractivity contribution in [2.24, 2.45) is 5.92 Å². The summed E-state index contributed by atoms with van der Waals surface area (Å²) in [7, 11) is 0. The maximum Gasteiger partial charge on any atom is 0.0636 e. The zero-order valence-corrected chi connectivity index (χ0v) is 10.8. The van der Waals surface area contributed by atoms with Gasteiger partial charge in [-0.3, -0.25) is 0 Å². The highest BCUT2D eigenvalue weighted by Gasteiger charge is 2.05. The second-order valence-corrected chi connectivity index (χ2v) is 4.75. The van der Waals surface area contributed by atoms with Crippen LogP contribution in [-0.4, -0.2) is 48.8 Å². The van der Waals surface area contributed by atoms with E-state index in [-0.39, 0.29) is 6.10 Å². The third-order valence-corrected chi connectivity index (χ3v) is 2.21. The van der Waals surface area contributed by atoms with Crippen molar-refractivity contribution in [1.29, 1.82) is 0 Å². The van der Waals surface area contributed by atoms with Gasteiger partial charge in [-0.25, -0.2) is 0 Å². The van der Waals surface area contributed by atoms with Crippen molar-refractivity contribution in [3.8, 4) is 0 Å². The number of nitrogens with zero attached hydrogens (tertiary/aromatic N) is 1. The zero-order valence-electron chi connectivity index (χ0n) is 10.8. The van der Waals surface area contributed by atoms with Gasteiger partial charge < -0.3 is 15.3 Å². The van der Waals surface area contributed by atoms with E-state index in [0.717, 1.165) is 19.0 Å². The fraction of sp³-hybridized carbons (Fsp3) is 1.00. The topological polar surface area (TPSA) is 35.5 Å². The Morgan fingerprint density at radius 3 is 2.33 bits per heavy atom. The summed E-state index contributed by atoms with van der Waals surface area (Å²) in [6.45, 7) is 13.6. The molecule has 0 fully saturated rings. The molecular weight excluding hydrogens is 188 g/mol. The minimum absolute atomic E-state index is 0.241. The van der Waals surface area contributed by atoms with E-state index in [9.17, 15) is 0 Å². The van der Waals surface area contributed by atoms with E-state index in [2.05, 4.69) is 31.0 Å². The molecule has 0 heterocycles. The van der Waals surface area contributed by atoms with Crippen molar-refractivity contribution in [2.75, 3.05) is 32.7 Å². The minimum Gasteiger partial charge on any atom is -0.392 e. The van der Waals surface area contributed by atoms with Gasteiger partial charge in [0.1, 0.15) is 0 Å². The predicted octanol–water partition coefficient (Wildman–Crippen LogP) is 1.32. The van der Waals surface area contributed by atoms with E-state index in [0.29, 0.717) is 6.54 Å². The SMILES string of the molecule is CCCN(CCNCC(C)O)CC(C)C. The molecule has 0 bridgehead atoms. The third-order valence-electron chi connectivity index (χ3n) is 2.21. The van der Waals surface area contributed by atoms with Gasteiger partial charge in [0.25, 0.3) is 0 Å². The average molecular weight is 216 g/mol. The van der Waals surface area contributed by atoms with Crippen molar-refractivity contribution in [3.05, 3.63) is 0 Å². The molecule has 2 N–H and O–H groups in total. The fourth-order valence-corrected chi connectivity index (χ4v) is 1.68. The molecule has 15 heavy (non-hydrogen) atoms. The molecule has 0 spiro atoms. The van der Waals surface area contributed by atoms with Crippen LogP contribution in [-0.2, 0) is 0 Å². The second-order valence-electron chi connectivity index (χ2n) is 4.75. The molecule has 0 aromatic rings. The molecule has 0 radical (unpaired) electrons. The van der Waals surface area contributed by atoms with Crippen LogP contribution in [0.5, 0.6) is 0 Å². The van der Waals surface area contributed by atoms with Crippen molar-refractivity contribution < 1.29 is 5.11 Å². The van der Waals surface area contributed by atoms with Crippen molar-refractivity contribution in [1.82, 2.24) is 10.2 Å². The summed E-state index contributed by atoms with van der Waals surface area (Å²) >= 11 is 0. The highest BCUT2D eigenvalue weighted by Crippen LogP contribution is 1.98. The quantitative estimate of drug-likeness (QED) is 0.571. The lowest BCUT2D eigenvalue weighted by Gasteiger charge is -2.23. The normalized spacial score (nSPS) is 13.8. The van der Waals surface area contributed by atoms with Crippen molar-refractivity contribution in [3.63, 3.8) is 0 Å². The molecule has 0 aliphatic rings. The molecule has 0 amide bonds.